The summed E-state index contributed by atoms with van der Waals surface area (Å²) in [5.41, 5.74) is 5.32. The van der Waals surface area contributed by atoms with Crippen molar-refractivity contribution in [2.75, 3.05) is 0 Å². The SMILES string of the molecule is C=Cc1c(/C=C\C)ccc2c1C=CC(C)C2. The number of benzene rings is 1. The fourth-order valence-electron chi connectivity index (χ4n) is 2.30. The summed E-state index contributed by atoms with van der Waals surface area (Å²) >= 11 is 0. The Bertz CT molecular complexity index is 461. The normalized spacial score (nSPS) is 18.8. The standard InChI is InChI=1S/C16H18/c1-4-6-13-8-9-14-11-12(3)7-10-16(14)15(13)5-2/h4-10,12H,2,11H2,1,3H3/b6-4-. The number of allylic oxidation sites excluding steroid dienone is 2. The van der Waals surface area contributed by atoms with Gasteiger partial charge >= 0.3 is 0 Å². The molecule has 0 saturated heterocycles. The average molecular weight is 210 g/mol. The summed E-state index contributed by atoms with van der Waals surface area (Å²) in [5.74, 6) is 0.651. The maximum Gasteiger partial charge on any atom is -0.0115 e. The minimum absolute atomic E-state index is 0.651. The Morgan fingerprint density at radius 1 is 1.38 bits per heavy atom. The van der Waals surface area contributed by atoms with Crippen LogP contribution in [0.15, 0.2) is 30.9 Å². The highest BCUT2D eigenvalue weighted by molar-refractivity contribution is 5.76. The van der Waals surface area contributed by atoms with Crippen molar-refractivity contribution in [3.05, 3.63) is 53.1 Å². The van der Waals surface area contributed by atoms with Crippen LogP contribution in [0, 0.1) is 5.92 Å². The van der Waals surface area contributed by atoms with E-state index in [2.05, 4.69) is 49.9 Å². The summed E-state index contributed by atoms with van der Waals surface area (Å²) in [4.78, 5) is 0. The molecule has 1 aliphatic carbocycles. The molecule has 1 aromatic carbocycles. The molecule has 0 heteroatoms. The Hall–Kier alpha value is -1.56. The molecular formula is C16H18. The van der Waals surface area contributed by atoms with Crippen LogP contribution in [-0.4, -0.2) is 0 Å². The molecule has 82 valence electrons. The lowest BCUT2D eigenvalue weighted by Crippen LogP contribution is -2.05. The molecule has 1 aliphatic rings. The van der Waals surface area contributed by atoms with Gasteiger partial charge in [0.05, 0.1) is 0 Å². The third-order valence-corrected chi connectivity index (χ3v) is 3.09. The summed E-state index contributed by atoms with van der Waals surface area (Å²) < 4.78 is 0. The van der Waals surface area contributed by atoms with Crippen molar-refractivity contribution in [1.82, 2.24) is 0 Å². The molecule has 1 aromatic rings. The second kappa shape index (κ2) is 4.52. The highest BCUT2D eigenvalue weighted by Crippen LogP contribution is 2.29. The largest absolute Gasteiger partial charge is 0.0984 e. The molecule has 0 aromatic heterocycles. The fraction of sp³-hybridized carbons (Fsp3) is 0.250. The van der Waals surface area contributed by atoms with Crippen LogP contribution in [0.2, 0.25) is 0 Å². The van der Waals surface area contributed by atoms with Crippen LogP contribution in [0.1, 0.15) is 36.1 Å². The molecule has 0 bridgehead atoms. The van der Waals surface area contributed by atoms with Gasteiger partial charge in [-0.1, -0.05) is 56.0 Å². The molecule has 0 fully saturated rings. The van der Waals surface area contributed by atoms with Crippen LogP contribution >= 0.6 is 0 Å². The van der Waals surface area contributed by atoms with E-state index < -0.39 is 0 Å². The molecule has 1 unspecified atom stereocenters. The number of hydrogen-bond donors (Lipinski definition) is 0. The van der Waals surface area contributed by atoms with E-state index >= 15 is 0 Å². The Morgan fingerprint density at radius 2 is 2.19 bits per heavy atom. The van der Waals surface area contributed by atoms with Crippen molar-refractivity contribution in [3.8, 4) is 0 Å². The predicted molar refractivity (Wildman–Crippen MR) is 73.1 cm³/mol. The quantitative estimate of drug-likeness (QED) is 0.671. The number of rotatable bonds is 2. The van der Waals surface area contributed by atoms with E-state index in [0.717, 1.165) is 6.42 Å². The van der Waals surface area contributed by atoms with E-state index in [-0.39, 0.29) is 0 Å². The van der Waals surface area contributed by atoms with E-state index in [9.17, 15) is 0 Å². The molecule has 1 atom stereocenters. The molecule has 16 heavy (non-hydrogen) atoms. The fourth-order valence-corrected chi connectivity index (χ4v) is 2.30. The lowest BCUT2D eigenvalue weighted by atomic mass is 9.86. The summed E-state index contributed by atoms with van der Waals surface area (Å²) in [6, 6.07) is 4.44. The zero-order chi connectivity index (χ0) is 11.5. The highest BCUT2D eigenvalue weighted by atomic mass is 14.2. The second-order valence-electron chi connectivity index (χ2n) is 4.39. The van der Waals surface area contributed by atoms with Gasteiger partial charge in [0.1, 0.15) is 0 Å². The molecule has 0 saturated carbocycles. The van der Waals surface area contributed by atoms with E-state index in [1.807, 2.05) is 13.0 Å². The average Bonchev–Trinajstić information content (AvgIpc) is 2.29. The predicted octanol–water partition coefficient (Wildman–Crippen LogP) is 4.57. The Labute approximate surface area is 98.0 Å². The number of fused-ring (bicyclic) bond motifs is 1. The van der Waals surface area contributed by atoms with Gasteiger partial charge in [-0.15, -0.1) is 0 Å². The van der Waals surface area contributed by atoms with E-state index in [1.54, 1.807) is 0 Å². The van der Waals surface area contributed by atoms with Crippen LogP contribution < -0.4 is 0 Å². The zero-order valence-corrected chi connectivity index (χ0v) is 10.0. The molecule has 0 amide bonds. The smallest absolute Gasteiger partial charge is 0.0115 e. The third kappa shape index (κ3) is 1.88. The highest BCUT2D eigenvalue weighted by Gasteiger charge is 2.13. The maximum atomic E-state index is 3.93. The molecule has 0 radical (unpaired) electrons. The van der Waals surface area contributed by atoms with Crippen LogP contribution in [0.3, 0.4) is 0 Å². The van der Waals surface area contributed by atoms with Crippen LogP contribution in [-0.2, 0) is 6.42 Å². The molecule has 0 nitrogen and oxygen atoms in total. The molecule has 0 aliphatic heterocycles. The van der Waals surface area contributed by atoms with Crippen molar-refractivity contribution < 1.29 is 0 Å². The van der Waals surface area contributed by atoms with Crippen molar-refractivity contribution in [2.45, 2.75) is 20.3 Å². The Balaban J connectivity index is 2.59. The third-order valence-electron chi connectivity index (χ3n) is 3.09. The first-order valence-corrected chi connectivity index (χ1v) is 5.85. The second-order valence-corrected chi connectivity index (χ2v) is 4.39. The lowest BCUT2D eigenvalue weighted by molar-refractivity contribution is 0.717. The molecule has 0 spiro atoms. The van der Waals surface area contributed by atoms with E-state index in [0.29, 0.717) is 5.92 Å². The summed E-state index contributed by atoms with van der Waals surface area (Å²) in [6.07, 6.45) is 11.9. The van der Waals surface area contributed by atoms with Gasteiger partial charge in [-0.2, -0.15) is 0 Å². The van der Waals surface area contributed by atoms with Gasteiger partial charge in [0.2, 0.25) is 0 Å². The van der Waals surface area contributed by atoms with Crippen molar-refractivity contribution in [2.24, 2.45) is 5.92 Å². The number of hydrogen-bond acceptors (Lipinski definition) is 0. The first kappa shape index (κ1) is 10.9. The molecule has 2 rings (SSSR count). The van der Waals surface area contributed by atoms with Crippen LogP contribution in [0.4, 0.5) is 0 Å². The van der Waals surface area contributed by atoms with Crippen LogP contribution in [0.5, 0.6) is 0 Å². The van der Waals surface area contributed by atoms with E-state index in [1.165, 1.54) is 22.3 Å². The van der Waals surface area contributed by atoms with Crippen molar-refractivity contribution in [1.29, 1.82) is 0 Å². The Morgan fingerprint density at radius 3 is 2.88 bits per heavy atom. The van der Waals surface area contributed by atoms with Gasteiger partial charge in [-0.3, -0.25) is 0 Å². The topological polar surface area (TPSA) is 0 Å². The molecular weight excluding hydrogens is 192 g/mol. The first-order valence-electron chi connectivity index (χ1n) is 5.85. The van der Waals surface area contributed by atoms with Gasteiger partial charge in [0, 0.05) is 0 Å². The summed E-state index contributed by atoms with van der Waals surface area (Å²) in [5, 5.41) is 0. The van der Waals surface area contributed by atoms with Crippen LogP contribution in [0.25, 0.3) is 18.2 Å². The minimum atomic E-state index is 0.651. The maximum absolute atomic E-state index is 3.93. The zero-order valence-electron chi connectivity index (χ0n) is 10.0. The van der Waals surface area contributed by atoms with E-state index in [4.69, 9.17) is 0 Å². The van der Waals surface area contributed by atoms with Crippen molar-refractivity contribution in [3.63, 3.8) is 0 Å². The van der Waals surface area contributed by atoms with Gasteiger partial charge in [-0.05, 0) is 41.5 Å². The molecule has 0 N–H and O–H groups in total. The monoisotopic (exact) mass is 210 g/mol. The summed E-state index contributed by atoms with van der Waals surface area (Å²) in [7, 11) is 0. The summed E-state index contributed by atoms with van der Waals surface area (Å²) in [6.45, 7) is 8.24. The van der Waals surface area contributed by atoms with Gasteiger partial charge in [-0.25, -0.2) is 0 Å². The van der Waals surface area contributed by atoms with Gasteiger partial charge < -0.3 is 0 Å². The van der Waals surface area contributed by atoms with Gasteiger partial charge in [0.25, 0.3) is 0 Å². The van der Waals surface area contributed by atoms with Crippen molar-refractivity contribution >= 4 is 18.2 Å². The van der Waals surface area contributed by atoms with Gasteiger partial charge in [0.15, 0.2) is 0 Å². The molecule has 0 heterocycles. The lowest BCUT2D eigenvalue weighted by Gasteiger charge is -2.19. The minimum Gasteiger partial charge on any atom is -0.0984 e. The Kier molecular flexibility index (Phi) is 3.09. The first-order chi connectivity index (χ1) is 7.76.